The Hall–Kier alpha value is -1.55. The van der Waals surface area contributed by atoms with Crippen LogP contribution in [0, 0.1) is 6.92 Å². The van der Waals surface area contributed by atoms with Gasteiger partial charge in [-0.1, -0.05) is 0 Å². The predicted octanol–water partition coefficient (Wildman–Crippen LogP) is 3.29. The van der Waals surface area contributed by atoms with E-state index < -0.39 is 5.60 Å². The van der Waals surface area contributed by atoms with E-state index in [-0.39, 0.29) is 5.91 Å². The Morgan fingerprint density at radius 1 is 1.35 bits per heavy atom. The van der Waals surface area contributed by atoms with Crippen LogP contribution in [0.5, 0.6) is 5.75 Å². The van der Waals surface area contributed by atoms with E-state index in [0.29, 0.717) is 6.61 Å². The highest BCUT2D eigenvalue weighted by Crippen LogP contribution is 2.34. The van der Waals surface area contributed by atoms with Crippen molar-refractivity contribution in [2.24, 2.45) is 0 Å². The van der Waals surface area contributed by atoms with Gasteiger partial charge < -0.3 is 14.8 Å². The fourth-order valence-electron chi connectivity index (χ4n) is 2.76. The van der Waals surface area contributed by atoms with Crippen LogP contribution in [0.25, 0.3) is 0 Å². The SMILES string of the molecule is CCOc1ccc(NC(=O)C2(OC)CCCC2)cc1C. The largest absolute Gasteiger partial charge is 0.494 e. The van der Waals surface area contributed by atoms with Gasteiger partial charge in [-0.2, -0.15) is 0 Å². The molecule has 1 amide bonds. The average molecular weight is 277 g/mol. The van der Waals surface area contributed by atoms with Crippen LogP contribution < -0.4 is 10.1 Å². The summed E-state index contributed by atoms with van der Waals surface area (Å²) in [7, 11) is 1.62. The van der Waals surface area contributed by atoms with Crippen molar-refractivity contribution in [2.75, 3.05) is 19.0 Å². The molecular weight excluding hydrogens is 254 g/mol. The first-order chi connectivity index (χ1) is 9.61. The minimum atomic E-state index is -0.646. The Bertz CT molecular complexity index is 479. The zero-order chi connectivity index (χ0) is 14.6. The molecule has 1 fully saturated rings. The molecule has 1 saturated carbocycles. The molecule has 0 unspecified atom stereocenters. The van der Waals surface area contributed by atoms with Gasteiger partial charge >= 0.3 is 0 Å². The van der Waals surface area contributed by atoms with E-state index in [0.717, 1.165) is 42.7 Å². The lowest BCUT2D eigenvalue weighted by atomic mass is 10.0. The molecule has 4 heteroatoms. The third-order valence-corrected chi connectivity index (χ3v) is 3.95. The van der Waals surface area contributed by atoms with Gasteiger partial charge in [-0.25, -0.2) is 0 Å². The molecule has 4 nitrogen and oxygen atoms in total. The van der Waals surface area contributed by atoms with E-state index in [1.807, 2.05) is 32.0 Å². The van der Waals surface area contributed by atoms with Gasteiger partial charge in [0.2, 0.25) is 0 Å². The van der Waals surface area contributed by atoms with Gasteiger partial charge in [-0.15, -0.1) is 0 Å². The summed E-state index contributed by atoms with van der Waals surface area (Å²) < 4.78 is 11.0. The third kappa shape index (κ3) is 2.96. The normalized spacial score (nSPS) is 16.9. The molecular formula is C16H23NO3. The lowest BCUT2D eigenvalue weighted by molar-refractivity contribution is -0.136. The van der Waals surface area contributed by atoms with E-state index in [2.05, 4.69) is 5.32 Å². The zero-order valence-electron chi connectivity index (χ0n) is 12.5. The minimum absolute atomic E-state index is 0.0407. The molecule has 1 aromatic carbocycles. The molecule has 1 aromatic rings. The number of hydrogen-bond donors (Lipinski definition) is 1. The first kappa shape index (κ1) is 14.9. The lowest BCUT2D eigenvalue weighted by Crippen LogP contribution is -2.42. The molecule has 1 aliphatic rings. The zero-order valence-corrected chi connectivity index (χ0v) is 12.5. The van der Waals surface area contributed by atoms with Crippen molar-refractivity contribution in [1.82, 2.24) is 0 Å². The highest BCUT2D eigenvalue weighted by Gasteiger charge is 2.41. The second kappa shape index (κ2) is 6.27. The van der Waals surface area contributed by atoms with E-state index in [9.17, 15) is 4.79 Å². The molecule has 0 bridgehead atoms. The molecule has 0 atom stereocenters. The lowest BCUT2D eigenvalue weighted by Gasteiger charge is -2.26. The molecule has 110 valence electrons. The van der Waals surface area contributed by atoms with Gasteiger partial charge in [0, 0.05) is 12.8 Å². The summed E-state index contributed by atoms with van der Waals surface area (Å²) in [5.41, 5.74) is 1.16. The monoisotopic (exact) mass is 277 g/mol. The quantitative estimate of drug-likeness (QED) is 0.898. The van der Waals surface area contributed by atoms with Crippen molar-refractivity contribution in [1.29, 1.82) is 0 Å². The van der Waals surface area contributed by atoms with Gasteiger partial charge in [0.1, 0.15) is 11.4 Å². The van der Waals surface area contributed by atoms with E-state index in [1.165, 1.54) is 0 Å². The van der Waals surface area contributed by atoms with E-state index in [4.69, 9.17) is 9.47 Å². The summed E-state index contributed by atoms with van der Waals surface area (Å²) in [6.45, 7) is 4.57. The van der Waals surface area contributed by atoms with Crippen LogP contribution in [0.1, 0.15) is 38.2 Å². The number of aryl methyl sites for hydroxylation is 1. The second-order valence-corrected chi connectivity index (χ2v) is 5.27. The molecule has 2 rings (SSSR count). The number of carbonyl (C=O) groups is 1. The summed E-state index contributed by atoms with van der Waals surface area (Å²) in [5.74, 6) is 0.814. The first-order valence-corrected chi connectivity index (χ1v) is 7.21. The van der Waals surface area contributed by atoms with Crippen LogP contribution in [-0.4, -0.2) is 25.2 Å². The van der Waals surface area contributed by atoms with Crippen LogP contribution in [0.3, 0.4) is 0 Å². The molecule has 20 heavy (non-hydrogen) atoms. The number of anilines is 1. The average Bonchev–Trinajstić information content (AvgIpc) is 2.92. The Morgan fingerprint density at radius 3 is 2.60 bits per heavy atom. The van der Waals surface area contributed by atoms with Crippen LogP contribution in [0.15, 0.2) is 18.2 Å². The maximum atomic E-state index is 12.4. The van der Waals surface area contributed by atoms with Crippen LogP contribution in [0.2, 0.25) is 0 Å². The number of benzene rings is 1. The van der Waals surface area contributed by atoms with Crippen molar-refractivity contribution in [3.63, 3.8) is 0 Å². The number of rotatable bonds is 5. The summed E-state index contributed by atoms with van der Waals surface area (Å²) in [4.78, 5) is 12.4. The van der Waals surface area contributed by atoms with Crippen LogP contribution >= 0.6 is 0 Å². The third-order valence-electron chi connectivity index (χ3n) is 3.95. The van der Waals surface area contributed by atoms with Gasteiger partial charge in [0.25, 0.3) is 5.91 Å². The first-order valence-electron chi connectivity index (χ1n) is 7.21. The van der Waals surface area contributed by atoms with Crippen molar-refractivity contribution in [3.05, 3.63) is 23.8 Å². The predicted molar refractivity (Wildman–Crippen MR) is 79.2 cm³/mol. The molecule has 0 saturated heterocycles. The van der Waals surface area contributed by atoms with Crippen LogP contribution in [0.4, 0.5) is 5.69 Å². The molecule has 1 aliphatic carbocycles. The summed E-state index contributed by atoms with van der Waals surface area (Å²) in [6.07, 6.45) is 3.68. The summed E-state index contributed by atoms with van der Waals surface area (Å²) >= 11 is 0. The summed E-state index contributed by atoms with van der Waals surface area (Å²) in [6, 6.07) is 5.69. The van der Waals surface area contributed by atoms with Crippen molar-refractivity contribution < 1.29 is 14.3 Å². The highest BCUT2D eigenvalue weighted by atomic mass is 16.5. The molecule has 0 spiro atoms. The maximum absolute atomic E-state index is 12.4. The maximum Gasteiger partial charge on any atom is 0.256 e. The topological polar surface area (TPSA) is 47.6 Å². The molecule has 0 radical (unpaired) electrons. The Balaban J connectivity index is 2.09. The number of nitrogens with one attached hydrogen (secondary N) is 1. The number of methoxy groups -OCH3 is 1. The number of ether oxygens (including phenoxy) is 2. The van der Waals surface area contributed by atoms with E-state index in [1.54, 1.807) is 7.11 Å². The van der Waals surface area contributed by atoms with Crippen LogP contribution in [-0.2, 0) is 9.53 Å². The molecule has 0 aliphatic heterocycles. The fraction of sp³-hybridized carbons (Fsp3) is 0.562. The summed E-state index contributed by atoms with van der Waals surface area (Å²) in [5, 5.41) is 2.97. The van der Waals surface area contributed by atoms with Gasteiger partial charge in [-0.05, 0) is 63.3 Å². The van der Waals surface area contributed by atoms with Crippen molar-refractivity contribution >= 4 is 11.6 Å². The fourth-order valence-corrected chi connectivity index (χ4v) is 2.76. The van der Waals surface area contributed by atoms with Crippen molar-refractivity contribution in [3.8, 4) is 5.75 Å². The Labute approximate surface area is 120 Å². The number of carbonyl (C=O) groups excluding carboxylic acids is 1. The molecule has 0 aromatic heterocycles. The standard InChI is InChI=1S/C16H23NO3/c1-4-20-14-8-7-13(11-12(14)2)17-15(18)16(19-3)9-5-6-10-16/h7-8,11H,4-6,9-10H2,1-3H3,(H,17,18). The van der Waals surface area contributed by atoms with Crippen molar-refractivity contribution in [2.45, 2.75) is 45.1 Å². The Morgan fingerprint density at radius 2 is 2.05 bits per heavy atom. The molecule has 0 heterocycles. The number of amides is 1. The molecule has 1 N–H and O–H groups in total. The highest BCUT2D eigenvalue weighted by molar-refractivity contribution is 5.97. The Kier molecular flexibility index (Phi) is 4.65. The number of hydrogen-bond acceptors (Lipinski definition) is 3. The van der Waals surface area contributed by atoms with Gasteiger partial charge in [0.05, 0.1) is 6.61 Å². The van der Waals surface area contributed by atoms with Gasteiger partial charge in [0.15, 0.2) is 0 Å². The second-order valence-electron chi connectivity index (χ2n) is 5.27. The smallest absolute Gasteiger partial charge is 0.256 e. The van der Waals surface area contributed by atoms with E-state index >= 15 is 0 Å². The van der Waals surface area contributed by atoms with Gasteiger partial charge in [-0.3, -0.25) is 4.79 Å². The minimum Gasteiger partial charge on any atom is -0.494 e.